The fourth-order valence-corrected chi connectivity index (χ4v) is 1.47. The molecule has 8 nitrogen and oxygen atoms in total. The van der Waals surface area contributed by atoms with Crippen molar-refractivity contribution in [3.05, 3.63) is 0 Å². The normalized spacial score (nSPS) is 13.1. The number of sulfonamides is 1. The maximum Gasteiger partial charge on any atom is 0.237 e. The second-order valence-corrected chi connectivity index (χ2v) is 5.02. The molecule has 9 heteroatoms. The molecule has 0 fully saturated rings. The van der Waals surface area contributed by atoms with Gasteiger partial charge in [-0.05, 0) is 6.42 Å². The molecule has 0 aromatic carbocycles. The van der Waals surface area contributed by atoms with Crippen LogP contribution in [0.2, 0.25) is 0 Å². The van der Waals surface area contributed by atoms with E-state index in [0.29, 0.717) is 0 Å². The van der Waals surface area contributed by atoms with Crippen LogP contribution in [-0.2, 0) is 19.6 Å². The molecule has 7 N–H and O–H groups in total. The summed E-state index contributed by atoms with van der Waals surface area (Å²) in [6.45, 7) is 0.127. The van der Waals surface area contributed by atoms with Gasteiger partial charge in [-0.3, -0.25) is 9.59 Å². The van der Waals surface area contributed by atoms with E-state index >= 15 is 0 Å². The molecule has 0 heterocycles. The van der Waals surface area contributed by atoms with Gasteiger partial charge in [0.05, 0.1) is 18.2 Å². The van der Waals surface area contributed by atoms with Gasteiger partial charge in [-0.15, -0.1) is 0 Å². The van der Waals surface area contributed by atoms with E-state index in [1.807, 2.05) is 0 Å². The van der Waals surface area contributed by atoms with E-state index < -0.39 is 27.9 Å². The molecule has 0 radical (unpaired) electrons. The molecule has 0 aliphatic heterocycles. The Bertz CT molecular complexity index is 353. The number of amides is 2. The minimum absolute atomic E-state index is 0.127. The minimum Gasteiger partial charge on any atom is -0.370 e. The standard InChI is InChI=1S/C7H16N4O4S/c8-5(4-6(9)12)7(13)11-2-1-3-16(10,14)15/h5H,1-4,8H2,(H2,9,12)(H,11,13)(H2,10,14,15). The first-order chi connectivity index (χ1) is 7.22. The van der Waals surface area contributed by atoms with Crippen LogP contribution >= 0.6 is 0 Å². The SMILES string of the molecule is NC(=O)CC(N)C(=O)NCCCS(N)(=O)=O. The first-order valence-corrected chi connectivity index (χ1v) is 6.26. The van der Waals surface area contributed by atoms with E-state index in [2.05, 4.69) is 5.32 Å². The summed E-state index contributed by atoms with van der Waals surface area (Å²) in [5.74, 6) is -1.45. The van der Waals surface area contributed by atoms with Gasteiger partial charge in [-0.1, -0.05) is 0 Å². The summed E-state index contributed by atoms with van der Waals surface area (Å²) in [6.07, 6.45) is -0.0606. The number of primary amides is 1. The van der Waals surface area contributed by atoms with Crippen LogP contribution in [0.5, 0.6) is 0 Å². The maximum atomic E-state index is 11.2. The van der Waals surface area contributed by atoms with Crippen LogP contribution in [0.4, 0.5) is 0 Å². The van der Waals surface area contributed by atoms with Crippen molar-refractivity contribution in [2.75, 3.05) is 12.3 Å². The van der Waals surface area contributed by atoms with Crippen molar-refractivity contribution in [3.63, 3.8) is 0 Å². The van der Waals surface area contributed by atoms with Crippen molar-refractivity contribution in [2.45, 2.75) is 18.9 Å². The Morgan fingerprint density at radius 3 is 2.31 bits per heavy atom. The Morgan fingerprint density at radius 1 is 1.31 bits per heavy atom. The first kappa shape index (κ1) is 14.8. The van der Waals surface area contributed by atoms with Crippen molar-refractivity contribution in [3.8, 4) is 0 Å². The fourth-order valence-electron chi connectivity index (χ4n) is 0.925. The van der Waals surface area contributed by atoms with Crippen LogP contribution in [0.3, 0.4) is 0 Å². The molecular formula is C7H16N4O4S. The molecule has 0 aromatic heterocycles. The summed E-state index contributed by atoms with van der Waals surface area (Å²) in [5, 5.41) is 7.12. The smallest absolute Gasteiger partial charge is 0.237 e. The molecule has 0 rings (SSSR count). The van der Waals surface area contributed by atoms with Gasteiger partial charge in [0.2, 0.25) is 21.8 Å². The minimum atomic E-state index is -3.52. The van der Waals surface area contributed by atoms with Crippen molar-refractivity contribution < 1.29 is 18.0 Å². The van der Waals surface area contributed by atoms with E-state index in [-0.39, 0.29) is 25.1 Å². The van der Waals surface area contributed by atoms with E-state index in [0.717, 1.165) is 0 Å². The highest BCUT2D eigenvalue weighted by Crippen LogP contribution is 1.88. The van der Waals surface area contributed by atoms with E-state index in [1.165, 1.54) is 0 Å². The zero-order valence-corrected chi connectivity index (χ0v) is 9.50. The zero-order valence-electron chi connectivity index (χ0n) is 8.68. The number of hydrogen-bond acceptors (Lipinski definition) is 5. The van der Waals surface area contributed by atoms with Crippen LogP contribution in [0.15, 0.2) is 0 Å². The van der Waals surface area contributed by atoms with Crippen molar-refractivity contribution in [2.24, 2.45) is 16.6 Å². The molecule has 0 spiro atoms. The summed E-state index contributed by atoms with van der Waals surface area (Å²) >= 11 is 0. The summed E-state index contributed by atoms with van der Waals surface area (Å²) in [5.41, 5.74) is 10.2. The highest BCUT2D eigenvalue weighted by atomic mass is 32.2. The fraction of sp³-hybridized carbons (Fsp3) is 0.714. The summed E-state index contributed by atoms with van der Waals surface area (Å²) < 4.78 is 21.1. The van der Waals surface area contributed by atoms with Gasteiger partial charge < -0.3 is 16.8 Å². The second kappa shape index (κ2) is 6.40. The molecule has 0 saturated carbocycles. The number of carbonyl (C=O) groups is 2. The first-order valence-electron chi connectivity index (χ1n) is 4.54. The largest absolute Gasteiger partial charge is 0.370 e. The number of carbonyl (C=O) groups excluding carboxylic acids is 2. The summed E-state index contributed by atoms with van der Waals surface area (Å²) in [4.78, 5) is 21.6. The van der Waals surface area contributed by atoms with Crippen molar-refractivity contribution in [1.82, 2.24) is 5.32 Å². The van der Waals surface area contributed by atoms with Crippen LogP contribution in [0.1, 0.15) is 12.8 Å². The molecule has 1 atom stereocenters. The van der Waals surface area contributed by atoms with E-state index in [4.69, 9.17) is 16.6 Å². The molecule has 94 valence electrons. The molecule has 1 unspecified atom stereocenters. The molecule has 0 aliphatic rings. The molecule has 2 amide bonds. The van der Waals surface area contributed by atoms with Gasteiger partial charge in [0.25, 0.3) is 0 Å². The maximum absolute atomic E-state index is 11.2. The Labute approximate surface area is 93.6 Å². The Balaban J connectivity index is 3.77. The van der Waals surface area contributed by atoms with Gasteiger partial charge in [0, 0.05) is 6.54 Å². The van der Waals surface area contributed by atoms with E-state index in [1.54, 1.807) is 0 Å². The highest BCUT2D eigenvalue weighted by Gasteiger charge is 2.15. The van der Waals surface area contributed by atoms with Crippen LogP contribution in [0, 0.1) is 0 Å². The number of primary sulfonamides is 1. The third-order valence-electron chi connectivity index (χ3n) is 1.66. The Hall–Kier alpha value is -1.19. The van der Waals surface area contributed by atoms with E-state index in [9.17, 15) is 18.0 Å². The monoisotopic (exact) mass is 252 g/mol. The second-order valence-electron chi connectivity index (χ2n) is 3.29. The summed E-state index contributed by atoms with van der Waals surface area (Å²) in [6, 6.07) is -1.01. The van der Waals surface area contributed by atoms with Crippen molar-refractivity contribution >= 4 is 21.8 Å². The number of nitrogens with two attached hydrogens (primary N) is 3. The van der Waals surface area contributed by atoms with Crippen LogP contribution in [-0.4, -0.2) is 38.6 Å². The lowest BCUT2D eigenvalue weighted by Crippen LogP contribution is -2.43. The third-order valence-corrected chi connectivity index (χ3v) is 2.52. The summed E-state index contributed by atoms with van der Waals surface area (Å²) in [7, 11) is -3.52. The van der Waals surface area contributed by atoms with Gasteiger partial charge in [-0.25, -0.2) is 13.6 Å². The number of rotatable bonds is 7. The lowest BCUT2D eigenvalue weighted by molar-refractivity contribution is -0.126. The highest BCUT2D eigenvalue weighted by molar-refractivity contribution is 7.89. The van der Waals surface area contributed by atoms with Crippen LogP contribution in [0.25, 0.3) is 0 Å². The number of nitrogens with one attached hydrogen (secondary N) is 1. The molecule has 16 heavy (non-hydrogen) atoms. The Kier molecular flexibility index (Phi) is 5.93. The third kappa shape index (κ3) is 8.15. The molecule has 0 saturated heterocycles. The average molecular weight is 252 g/mol. The van der Waals surface area contributed by atoms with Crippen molar-refractivity contribution in [1.29, 1.82) is 0 Å². The lowest BCUT2D eigenvalue weighted by Gasteiger charge is -2.09. The van der Waals surface area contributed by atoms with Gasteiger partial charge in [-0.2, -0.15) is 0 Å². The quantitative estimate of drug-likeness (QED) is 0.354. The average Bonchev–Trinajstić information content (AvgIpc) is 2.09. The van der Waals surface area contributed by atoms with Crippen LogP contribution < -0.4 is 21.9 Å². The predicted molar refractivity (Wildman–Crippen MR) is 57.4 cm³/mol. The van der Waals surface area contributed by atoms with Gasteiger partial charge in [0.15, 0.2) is 0 Å². The van der Waals surface area contributed by atoms with Gasteiger partial charge in [0.1, 0.15) is 0 Å². The van der Waals surface area contributed by atoms with Gasteiger partial charge >= 0.3 is 0 Å². The molecular weight excluding hydrogens is 236 g/mol. The predicted octanol–water partition coefficient (Wildman–Crippen LogP) is -3.02. The topological polar surface area (TPSA) is 158 Å². The molecule has 0 aliphatic carbocycles. The Morgan fingerprint density at radius 2 is 1.88 bits per heavy atom. The number of hydrogen-bond donors (Lipinski definition) is 4. The molecule has 0 aromatic rings. The lowest BCUT2D eigenvalue weighted by atomic mass is 10.2. The molecule has 0 bridgehead atoms. The zero-order chi connectivity index (χ0) is 12.8.